The van der Waals surface area contributed by atoms with E-state index in [2.05, 4.69) is 14.8 Å². The van der Waals surface area contributed by atoms with Crippen LogP contribution in [0.2, 0.25) is 0 Å². The van der Waals surface area contributed by atoms with Crippen LogP contribution in [0.15, 0.2) is 30.5 Å². The second kappa shape index (κ2) is 7.64. The van der Waals surface area contributed by atoms with Gasteiger partial charge in [-0.05, 0) is 12.5 Å². The summed E-state index contributed by atoms with van der Waals surface area (Å²) in [5.41, 5.74) is 8.12. The van der Waals surface area contributed by atoms with Crippen LogP contribution in [-0.4, -0.2) is 46.9 Å². The van der Waals surface area contributed by atoms with Gasteiger partial charge in [0.1, 0.15) is 23.3 Å². The number of aromatic nitrogens is 3. The quantitative estimate of drug-likeness (QED) is 0.684. The van der Waals surface area contributed by atoms with Crippen LogP contribution in [0, 0.1) is 12.4 Å². The topological polar surface area (TPSA) is 73.6 Å². The van der Waals surface area contributed by atoms with Gasteiger partial charge in [0, 0.05) is 31.4 Å². The third-order valence-electron chi connectivity index (χ3n) is 5.10. The average molecular weight is 398 g/mol. The van der Waals surface area contributed by atoms with Crippen LogP contribution in [-0.2, 0) is 6.54 Å². The van der Waals surface area contributed by atoms with E-state index in [1.807, 2.05) is 9.47 Å². The van der Waals surface area contributed by atoms with Gasteiger partial charge in [-0.25, -0.2) is 18.6 Å². The van der Waals surface area contributed by atoms with E-state index in [9.17, 15) is 8.78 Å². The Morgan fingerprint density at radius 3 is 2.86 bits per heavy atom. The molecule has 1 fully saturated rings. The van der Waals surface area contributed by atoms with Crippen molar-refractivity contribution in [2.24, 2.45) is 5.73 Å². The van der Waals surface area contributed by atoms with Gasteiger partial charge in [-0.2, -0.15) is 0 Å². The molecule has 2 aromatic heterocycles. The maximum atomic E-state index is 14.2. The monoisotopic (exact) mass is 398 g/mol. The van der Waals surface area contributed by atoms with Crippen molar-refractivity contribution < 1.29 is 13.5 Å². The molecule has 1 aliphatic heterocycles. The largest absolute Gasteiger partial charge is 0.494 e. The normalized spacial score (nSPS) is 19.3. The van der Waals surface area contributed by atoms with Crippen molar-refractivity contribution in [2.75, 3.05) is 25.1 Å². The average Bonchev–Trinajstić information content (AvgIpc) is 3.08. The molecule has 1 aromatic carbocycles. The van der Waals surface area contributed by atoms with E-state index in [1.165, 1.54) is 25.4 Å². The molecule has 4 rings (SSSR count). The molecule has 0 amide bonds. The van der Waals surface area contributed by atoms with Gasteiger partial charge in [0.15, 0.2) is 0 Å². The highest BCUT2D eigenvalue weighted by Gasteiger charge is 2.30. The van der Waals surface area contributed by atoms with Gasteiger partial charge in [0.25, 0.3) is 0 Å². The lowest BCUT2D eigenvalue weighted by Crippen LogP contribution is -2.50. The standard InChI is InChI=1S/C20H20F2N6O/c1-24-13-3-4-14(25-9-13)10-28-17-7-12(21)8-18(29-2)19(17)26-20(28)27-6-5-15(22)16(23)11-27/h3-4,7-9,15-16H,5-6,10-11,23H2,2H3/t15-,16-/m1/s1. The zero-order valence-corrected chi connectivity index (χ0v) is 15.8. The number of rotatable bonds is 4. The first-order chi connectivity index (χ1) is 14.0. The number of ether oxygens (including phenoxy) is 1. The van der Waals surface area contributed by atoms with Crippen molar-refractivity contribution in [3.63, 3.8) is 0 Å². The molecular weight excluding hydrogens is 378 g/mol. The first-order valence-corrected chi connectivity index (χ1v) is 9.21. The Morgan fingerprint density at radius 1 is 1.38 bits per heavy atom. The van der Waals surface area contributed by atoms with Crippen molar-refractivity contribution in [1.82, 2.24) is 14.5 Å². The van der Waals surface area contributed by atoms with E-state index in [0.717, 1.165) is 0 Å². The Hall–Kier alpha value is -3.25. The maximum Gasteiger partial charge on any atom is 0.207 e. The summed E-state index contributed by atoms with van der Waals surface area (Å²) in [6, 6.07) is 5.49. The van der Waals surface area contributed by atoms with Gasteiger partial charge in [-0.15, -0.1) is 0 Å². The fourth-order valence-corrected chi connectivity index (χ4v) is 3.57. The van der Waals surface area contributed by atoms with Gasteiger partial charge in [0.2, 0.25) is 11.6 Å². The zero-order valence-electron chi connectivity index (χ0n) is 15.8. The Morgan fingerprint density at radius 2 is 2.21 bits per heavy atom. The molecule has 2 atom stereocenters. The number of methoxy groups -OCH3 is 1. The lowest BCUT2D eigenvalue weighted by molar-refractivity contribution is 0.243. The predicted molar refractivity (Wildman–Crippen MR) is 106 cm³/mol. The molecule has 150 valence electrons. The molecule has 0 bridgehead atoms. The summed E-state index contributed by atoms with van der Waals surface area (Å²) in [6.45, 7) is 8.12. The van der Waals surface area contributed by atoms with E-state index in [-0.39, 0.29) is 0 Å². The number of piperidine rings is 1. The molecule has 1 saturated heterocycles. The van der Waals surface area contributed by atoms with E-state index in [4.69, 9.17) is 17.0 Å². The molecule has 0 saturated carbocycles. The molecule has 3 aromatic rings. The van der Waals surface area contributed by atoms with Crippen LogP contribution < -0.4 is 15.4 Å². The minimum Gasteiger partial charge on any atom is -0.494 e. The molecular formula is C20H20F2N6O. The number of halogens is 2. The van der Waals surface area contributed by atoms with Gasteiger partial charge in [0.05, 0.1) is 37.5 Å². The highest BCUT2D eigenvalue weighted by Crippen LogP contribution is 2.32. The minimum atomic E-state index is -1.06. The molecule has 0 spiro atoms. The van der Waals surface area contributed by atoms with Crippen molar-refractivity contribution in [3.8, 4) is 5.75 Å². The van der Waals surface area contributed by atoms with Gasteiger partial charge >= 0.3 is 0 Å². The predicted octanol–water partition coefficient (Wildman–Crippen LogP) is 3.05. The van der Waals surface area contributed by atoms with Crippen molar-refractivity contribution in [2.45, 2.75) is 25.2 Å². The van der Waals surface area contributed by atoms with E-state index in [0.29, 0.717) is 60.2 Å². The molecule has 3 heterocycles. The highest BCUT2D eigenvalue weighted by molar-refractivity contribution is 5.85. The molecule has 0 radical (unpaired) electrons. The fourth-order valence-electron chi connectivity index (χ4n) is 3.57. The number of nitrogens with two attached hydrogens (primary N) is 1. The van der Waals surface area contributed by atoms with Crippen molar-refractivity contribution in [1.29, 1.82) is 0 Å². The first-order valence-electron chi connectivity index (χ1n) is 9.21. The Kier molecular flexibility index (Phi) is 5.03. The summed E-state index contributed by atoms with van der Waals surface area (Å²) in [5, 5.41) is 0. The van der Waals surface area contributed by atoms with Gasteiger partial charge in [-0.3, -0.25) is 4.98 Å². The van der Waals surface area contributed by atoms with Crippen LogP contribution in [0.25, 0.3) is 15.9 Å². The number of alkyl halides is 1. The van der Waals surface area contributed by atoms with Gasteiger partial charge < -0.3 is 19.9 Å². The SMILES string of the molecule is [C-]#[N+]c1ccc(Cn2c(N3CC[C@@H](F)[C@H](N)C3)nc3c(OC)cc(F)cc32)nc1. The van der Waals surface area contributed by atoms with Crippen LogP contribution >= 0.6 is 0 Å². The summed E-state index contributed by atoms with van der Waals surface area (Å²) >= 11 is 0. The Labute approximate surface area is 166 Å². The molecule has 29 heavy (non-hydrogen) atoms. The lowest BCUT2D eigenvalue weighted by atomic mass is 10.1. The van der Waals surface area contributed by atoms with Crippen molar-refractivity contribution in [3.05, 3.63) is 53.4 Å². The van der Waals surface area contributed by atoms with Gasteiger partial charge in [-0.1, -0.05) is 6.07 Å². The molecule has 7 nitrogen and oxygen atoms in total. The number of anilines is 1. The summed E-state index contributed by atoms with van der Waals surface area (Å²) in [7, 11) is 1.46. The summed E-state index contributed by atoms with van der Waals surface area (Å²) < 4.78 is 35.2. The van der Waals surface area contributed by atoms with Crippen LogP contribution in [0.3, 0.4) is 0 Å². The Bertz CT molecular complexity index is 1080. The third kappa shape index (κ3) is 3.59. The third-order valence-corrected chi connectivity index (χ3v) is 5.10. The zero-order chi connectivity index (χ0) is 20.5. The summed E-state index contributed by atoms with van der Waals surface area (Å²) in [5.74, 6) is 0.431. The minimum absolute atomic E-state index is 0.299. The number of hydrogen-bond acceptors (Lipinski definition) is 5. The molecule has 2 N–H and O–H groups in total. The number of pyridine rings is 1. The lowest BCUT2D eigenvalue weighted by Gasteiger charge is -2.34. The Balaban J connectivity index is 1.82. The smallest absolute Gasteiger partial charge is 0.207 e. The van der Waals surface area contributed by atoms with Crippen LogP contribution in [0.5, 0.6) is 5.75 Å². The molecule has 9 heteroatoms. The molecule has 0 unspecified atom stereocenters. The van der Waals surface area contributed by atoms with Crippen LogP contribution in [0.4, 0.5) is 20.4 Å². The fraction of sp³-hybridized carbons (Fsp3) is 0.350. The van der Waals surface area contributed by atoms with E-state index < -0.39 is 18.0 Å². The van der Waals surface area contributed by atoms with Crippen LogP contribution in [0.1, 0.15) is 12.1 Å². The second-order valence-electron chi connectivity index (χ2n) is 7.01. The second-order valence-corrected chi connectivity index (χ2v) is 7.01. The number of benzene rings is 1. The number of nitrogens with zero attached hydrogens (tertiary/aromatic N) is 5. The summed E-state index contributed by atoms with van der Waals surface area (Å²) in [6.07, 6.45) is 0.736. The number of hydrogen-bond donors (Lipinski definition) is 1. The first kappa shape index (κ1) is 19.1. The number of fused-ring (bicyclic) bond motifs is 1. The summed E-state index contributed by atoms with van der Waals surface area (Å²) in [4.78, 5) is 14.3. The highest BCUT2D eigenvalue weighted by atomic mass is 19.1. The van der Waals surface area contributed by atoms with Crippen molar-refractivity contribution >= 4 is 22.7 Å². The maximum absolute atomic E-state index is 14.2. The van der Waals surface area contributed by atoms with E-state index >= 15 is 0 Å². The van der Waals surface area contributed by atoms with E-state index in [1.54, 1.807) is 12.1 Å². The molecule has 0 aliphatic carbocycles. The number of imidazole rings is 1. The molecule has 1 aliphatic rings.